The number of nitrogens with one attached hydrogen (secondary N) is 1. The van der Waals surface area contributed by atoms with Crippen LogP contribution in [0, 0.1) is 17.0 Å². The molecule has 172 valence electrons. The van der Waals surface area contributed by atoms with E-state index in [2.05, 4.69) is 19.2 Å². The number of aryl methyl sites for hydroxylation is 1. The molecule has 0 saturated carbocycles. The molecule has 1 heterocycles. The number of nitro benzene ring substituents is 1. The van der Waals surface area contributed by atoms with Gasteiger partial charge in [-0.05, 0) is 42.5 Å². The van der Waals surface area contributed by atoms with Gasteiger partial charge >= 0.3 is 5.97 Å². The minimum atomic E-state index is -0.525. The lowest BCUT2D eigenvalue weighted by atomic mass is 9.97. The van der Waals surface area contributed by atoms with E-state index >= 15 is 0 Å². The first kappa shape index (κ1) is 24.1. The van der Waals surface area contributed by atoms with E-state index in [9.17, 15) is 19.7 Å². The van der Waals surface area contributed by atoms with Crippen molar-refractivity contribution < 1.29 is 19.2 Å². The summed E-state index contributed by atoms with van der Waals surface area (Å²) in [4.78, 5) is 37.1. The molecule has 2 aromatic carbocycles. The van der Waals surface area contributed by atoms with E-state index in [4.69, 9.17) is 4.74 Å². The third kappa shape index (κ3) is 5.46. The predicted octanol–water partition coefficient (Wildman–Crippen LogP) is 6.57. The van der Waals surface area contributed by atoms with Crippen LogP contribution in [0.5, 0.6) is 0 Å². The number of thiophene rings is 1. The van der Waals surface area contributed by atoms with Gasteiger partial charge in [-0.25, -0.2) is 4.79 Å². The third-order valence-corrected chi connectivity index (χ3v) is 6.18. The Morgan fingerprint density at radius 2 is 1.73 bits per heavy atom. The van der Waals surface area contributed by atoms with Crippen molar-refractivity contribution in [3.05, 3.63) is 80.2 Å². The number of nitrogens with zero attached hydrogens (tertiary/aromatic N) is 1. The third-order valence-electron chi connectivity index (χ3n) is 5.16. The molecule has 0 aliphatic heterocycles. The van der Waals surface area contributed by atoms with Crippen LogP contribution in [0.1, 0.15) is 64.3 Å². The topological polar surface area (TPSA) is 98.5 Å². The highest BCUT2D eigenvalue weighted by atomic mass is 32.1. The van der Waals surface area contributed by atoms with E-state index in [0.29, 0.717) is 22.9 Å². The summed E-state index contributed by atoms with van der Waals surface area (Å²) >= 11 is 1.30. The molecule has 8 heteroatoms. The van der Waals surface area contributed by atoms with Gasteiger partial charge in [0.2, 0.25) is 0 Å². The van der Waals surface area contributed by atoms with Crippen molar-refractivity contribution in [1.82, 2.24) is 0 Å². The summed E-state index contributed by atoms with van der Waals surface area (Å²) in [6.07, 6.45) is 0.678. The summed E-state index contributed by atoms with van der Waals surface area (Å²) in [6.45, 7) is 8.31. The lowest BCUT2D eigenvalue weighted by Crippen LogP contribution is -2.15. The Labute approximate surface area is 196 Å². The van der Waals surface area contributed by atoms with Gasteiger partial charge in [0.05, 0.1) is 11.5 Å². The van der Waals surface area contributed by atoms with Crippen molar-refractivity contribution in [2.24, 2.45) is 0 Å². The second kappa shape index (κ2) is 10.4. The highest BCUT2D eigenvalue weighted by Crippen LogP contribution is 2.41. The van der Waals surface area contributed by atoms with Gasteiger partial charge in [-0.15, -0.1) is 11.3 Å². The largest absolute Gasteiger partial charge is 0.462 e. The standard InChI is InChI=1S/C25H26N2O5S/c1-5-14-32-25(29)22-21(18-8-6-17(7-9-18)15(2)3)16(4)33-24(22)26-23(28)19-10-12-20(13-11-19)27(30)31/h6-13,15H,5,14H2,1-4H3,(H,26,28). The van der Waals surface area contributed by atoms with Gasteiger partial charge in [0, 0.05) is 28.1 Å². The number of amides is 1. The summed E-state index contributed by atoms with van der Waals surface area (Å²) in [5, 5.41) is 14.1. The highest BCUT2D eigenvalue weighted by Gasteiger charge is 2.26. The Kier molecular flexibility index (Phi) is 7.60. The number of nitro groups is 1. The first-order chi connectivity index (χ1) is 15.7. The van der Waals surface area contributed by atoms with E-state index in [-0.39, 0.29) is 17.9 Å². The van der Waals surface area contributed by atoms with Gasteiger partial charge in [0.1, 0.15) is 10.6 Å². The molecule has 0 aliphatic rings. The van der Waals surface area contributed by atoms with Crippen LogP contribution in [-0.2, 0) is 4.74 Å². The maximum Gasteiger partial charge on any atom is 0.341 e. The molecular formula is C25H26N2O5S. The van der Waals surface area contributed by atoms with Crippen LogP contribution in [0.3, 0.4) is 0 Å². The van der Waals surface area contributed by atoms with E-state index in [1.54, 1.807) is 0 Å². The van der Waals surface area contributed by atoms with Gasteiger partial charge in [-0.1, -0.05) is 45.0 Å². The molecule has 1 aromatic heterocycles. The summed E-state index contributed by atoms with van der Waals surface area (Å²) in [5.74, 6) is -0.575. The monoisotopic (exact) mass is 466 g/mol. The number of non-ortho nitro benzene ring substituents is 1. The molecular weight excluding hydrogens is 440 g/mol. The lowest BCUT2D eigenvalue weighted by molar-refractivity contribution is -0.384. The van der Waals surface area contributed by atoms with Gasteiger partial charge in [0.25, 0.3) is 11.6 Å². The quantitative estimate of drug-likeness (QED) is 0.230. The summed E-state index contributed by atoms with van der Waals surface area (Å²) < 4.78 is 5.43. The van der Waals surface area contributed by atoms with Crippen molar-refractivity contribution in [2.45, 2.75) is 40.0 Å². The molecule has 0 atom stereocenters. The van der Waals surface area contributed by atoms with Gasteiger partial charge in [0.15, 0.2) is 0 Å². The number of ether oxygens (including phenoxy) is 1. The fraction of sp³-hybridized carbons (Fsp3) is 0.280. The number of benzene rings is 2. The molecule has 0 radical (unpaired) electrons. The zero-order chi connectivity index (χ0) is 24.1. The molecule has 33 heavy (non-hydrogen) atoms. The maximum atomic E-state index is 13.0. The Hall–Kier alpha value is -3.52. The Morgan fingerprint density at radius 3 is 2.27 bits per heavy atom. The average molecular weight is 467 g/mol. The van der Waals surface area contributed by atoms with Gasteiger partial charge in [-0.2, -0.15) is 0 Å². The van der Waals surface area contributed by atoms with E-state index in [1.807, 2.05) is 38.1 Å². The first-order valence-electron chi connectivity index (χ1n) is 10.7. The molecule has 1 amide bonds. The average Bonchev–Trinajstić information content (AvgIpc) is 3.12. The Balaban J connectivity index is 2.00. The van der Waals surface area contributed by atoms with Crippen LogP contribution in [0.2, 0.25) is 0 Å². The van der Waals surface area contributed by atoms with Crippen LogP contribution >= 0.6 is 11.3 Å². The van der Waals surface area contributed by atoms with Crippen molar-refractivity contribution in [3.8, 4) is 11.1 Å². The first-order valence-corrected chi connectivity index (χ1v) is 11.5. The zero-order valence-corrected chi connectivity index (χ0v) is 19.8. The zero-order valence-electron chi connectivity index (χ0n) is 19.0. The second-order valence-corrected chi connectivity index (χ2v) is 9.13. The predicted molar refractivity (Wildman–Crippen MR) is 130 cm³/mol. The van der Waals surface area contributed by atoms with Crippen molar-refractivity contribution in [2.75, 3.05) is 11.9 Å². The normalized spacial score (nSPS) is 10.8. The fourth-order valence-corrected chi connectivity index (χ4v) is 4.45. The number of carbonyl (C=O) groups is 2. The van der Waals surface area contributed by atoms with Gasteiger partial charge < -0.3 is 10.1 Å². The second-order valence-electron chi connectivity index (χ2n) is 7.91. The summed E-state index contributed by atoms with van der Waals surface area (Å²) in [5.41, 5.74) is 3.26. The molecule has 0 aliphatic carbocycles. The van der Waals surface area contributed by atoms with Crippen LogP contribution < -0.4 is 5.32 Å². The van der Waals surface area contributed by atoms with Crippen LogP contribution in [-0.4, -0.2) is 23.4 Å². The molecule has 0 unspecified atom stereocenters. The van der Waals surface area contributed by atoms with Gasteiger partial charge in [-0.3, -0.25) is 14.9 Å². The maximum absolute atomic E-state index is 13.0. The minimum absolute atomic E-state index is 0.102. The molecule has 3 rings (SSSR count). The molecule has 1 N–H and O–H groups in total. The number of carbonyl (C=O) groups excluding carboxylic acids is 2. The van der Waals surface area contributed by atoms with Crippen molar-refractivity contribution >= 4 is 33.9 Å². The molecule has 0 saturated heterocycles. The summed E-state index contributed by atoms with van der Waals surface area (Å²) in [7, 11) is 0. The number of anilines is 1. The number of esters is 1. The fourth-order valence-electron chi connectivity index (χ4n) is 3.39. The van der Waals surface area contributed by atoms with E-state index in [0.717, 1.165) is 16.0 Å². The number of rotatable bonds is 8. The van der Waals surface area contributed by atoms with Crippen molar-refractivity contribution in [1.29, 1.82) is 0 Å². The molecule has 3 aromatic rings. The minimum Gasteiger partial charge on any atom is -0.462 e. The van der Waals surface area contributed by atoms with E-state index in [1.165, 1.54) is 41.2 Å². The summed E-state index contributed by atoms with van der Waals surface area (Å²) in [6, 6.07) is 13.3. The molecule has 7 nitrogen and oxygen atoms in total. The Bertz CT molecular complexity index is 1160. The van der Waals surface area contributed by atoms with Crippen LogP contribution in [0.15, 0.2) is 48.5 Å². The van der Waals surface area contributed by atoms with Crippen molar-refractivity contribution in [3.63, 3.8) is 0 Å². The smallest absolute Gasteiger partial charge is 0.341 e. The molecule has 0 bridgehead atoms. The molecule has 0 fully saturated rings. The van der Waals surface area contributed by atoms with Crippen LogP contribution in [0.25, 0.3) is 11.1 Å². The Morgan fingerprint density at radius 1 is 1.09 bits per heavy atom. The molecule has 0 spiro atoms. The highest BCUT2D eigenvalue weighted by molar-refractivity contribution is 7.17. The SMILES string of the molecule is CCCOC(=O)c1c(NC(=O)c2ccc([N+](=O)[O-])cc2)sc(C)c1-c1ccc(C(C)C)cc1. The van der Waals surface area contributed by atoms with Crippen LogP contribution in [0.4, 0.5) is 10.7 Å². The number of hydrogen-bond acceptors (Lipinski definition) is 6. The lowest BCUT2D eigenvalue weighted by Gasteiger charge is -2.11. The number of hydrogen-bond donors (Lipinski definition) is 1. The van der Waals surface area contributed by atoms with E-state index < -0.39 is 16.8 Å².